The third-order valence-electron chi connectivity index (χ3n) is 2.27. The molecule has 1 atom stereocenters. The second kappa shape index (κ2) is 8.30. The second-order valence-electron chi connectivity index (χ2n) is 3.61. The molecule has 0 radical (unpaired) electrons. The summed E-state index contributed by atoms with van der Waals surface area (Å²) in [5.41, 5.74) is 0. The maximum Gasteiger partial charge on any atom is 0.330 e. The van der Waals surface area contributed by atoms with Crippen molar-refractivity contribution in [2.24, 2.45) is 0 Å². The van der Waals surface area contributed by atoms with Crippen LogP contribution in [0.5, 0.6) is 0 Å². The van der Waals surface area contributed by atoms with Crippen molar-refractivity contribution >= 4 is 5.97 Å². The maximum absolute atomic E-state index is 10.9. The van der Waals surface area contributed by atoms with Crippen LogP contribution in [0.15, 0.2) is 12.2 Å². The lowest BCUT2D eigenvalue weighted by Gasteiger charge is -2.22. The van der Waals surface area contributed by atoms with Crippen LogP contribution >= 0.6 is 0 Å². The summed E-state index contributed by atoms with van der Waals surface area (Å²) in [4.78, 5) is 10.9. The van der Waals surface area contributed by atoms with Gasteiger partial charge in [-0.3, -0.25) is 0 Å². The van der Waals surface area contributed by atoms with Crippen molar-refractivity contribution in [1.29, 1.82) is 0 Å². The molecule has 1 saturated heterocycles. The van der Waals surface area contributed by atoms with E-state index in [9.17, 15) is 4.79 Å². The van der Waals surface area contributed by atoms with Crippen molar-refractivity contribution in [3.8, 4) is 0 Å². The van der Waals surface area contributed by atoms with E-state index < -0.39 is 0 Å². The molecule has 0 amide bonds. The zero-order valence-corrected chi connectivity index (χ0v) is 9.81. The van der Waals surface area contributed by atoms with Gasteiger partial charge >= 0.3 is 5.97 Å². The fourth-order valence-corrected chi connectivity index (χ4v) is 1.48. The third-order valence-corrected chi connectivity index (χ3v) is 2.27. The van der Waals surface area contributed by atoms with Gasteiger partial charge in [0.2, 0.25) is 0 Å². The highest BCUT2D eigenvalue weighted by Gasteiger charge is 2.12. The summed E-state index contributed by atoms with van der Waals surface area (Å²) in [6, 6.07) is 0. The largest absolute Gasteiger partial charge is 0.463 e. The minimum absolute atomic E-state index is 0.0512. The monoisotopic (exact) mass is 228 g/mol. The average molecular weight is 228 g/mol. The molecule has 1 rings (SSSR count). The van der Waals surface area contributed by atoms with E-state index in [4.69, 9.17) is 14.2 Å². The highest BCUT2D eigenvalue weighted by atomic mass is 16.7. The molecule has 0 aromatic rings. The standard InChI is InChI=1S/C12H20O4/c1-2-14-11(13)7-3-5-9-15-12-8-4-6-10-16-12/h3,7,12H,2,4-6,8-10H2,1H3/b7-3+. The minimum atomic E-state index is -0.295. The van der Waals surface area contributed by atoms with Gasteiger partial charge in [0.05, 0.1) is 13.2 Å². The van der Waals surface area contributed by atoms with Crippen molar-refractivity contribution in [2.45, 2.75) is 38.9 Å². The van der Waals surface area contributed by atoms with E-state index in [2.05, 4.69) is 0 Å². The van der Waals surface area contributed by atoms with E-state index in [1.54, 1.807) is 13.0 Å². The van der Waals surface area contributed by atoms with Crippen LogP contribution in [0.25, 0.3) is 0 Å². The third kappa shape index (κ3) is 5.88. The summed E-state index contributed by atoms with van der Waals surface area (Å²) < 4.78 is 15.7. The Morgan fingerprint density at radius 2 is 2.38 bits per heavy atom. The Morgan fingerprint density at radius 1 is 1.50 bits per heavy atom. The van der Waals surface area contributed by atoms with E-state index in [1.165, 1.54) is 12.5 Å². The first-order valence-electron chi connectivity index (χ1n) is 5.89. The lowest BCUT2D eigenvalue weighted by Crippen LogP contribution is -2.22. The molecule has 1 heterocycles. The maximum atomic E-state index is 10.9. The number of hydrogen-bond donors (Lipinski definition) is 0. The van der Waals surface area contributed by atoms with Crippen LogP contribution < -0.4 is 0 Å². The van der Waals surface area contributed by atoms with Gasteiger partial charge in [-0.25, -0.2) is 4.79 Å². The second-order valence-corrected chi connectivity index (χ2v) is 3.61. The molecule has 0 aliphatic carbocycles. The fraction of sp³-hybridized carbons (Fsp3) is 0.750. The lowest BCUT2D eigenvalue weighted by molar-refractivity contribution is -0.161. The SMILES string of the molecule is CCOC(=O)/C=C/CCOC1CCCCO1. The van der Waals surface area contributed by atoms with Gasteiger partial charge in [0.1, 0.15) is 0 Å². The quantitative estimate of drug-likeness (QED) is 0.396. The van der Waals surface area contributed by atoms with Crippen LogP contribution in [-0.2, 0) is 19.0 Å². The van der Waals surface area contributed by atoms with Gasteiger partial charge < -0.3 is 14.2 Å². The highest BCUT2D eigenvalue weighted by molar-refractivity contribution is 5.81. The van der Waals surface area contributed by atoms with Crippen LogP contribution in [0, 0.1) is 0 Å². The lowest BCUT2D eigenvalue weighted by atomic mass is 10.2. The number of rotatable bonds is 6. The molecule has 0 bridgehead atoms. The molecule has 0 aromatic carbocycles. The minimum Gasteiger partial charge on any atom is -0.463 e. The number of esters is 1. The summed E-state index contributed by atoms with van der Waals surface area (Å²) in [5.74, 6) is -0.295. The normalized spacial score (nSPS) is 21.2. The van der Waals surface area contributed by atoms with Crippen molar-refractivity contribution in [3.05, 3.63) is 12.2 Å². The van der Waals surface area contributed by atoms with Crippen molar-refractivity contribution in [1.82, 2.24) is 0 Å². The first-order chi connectivity index (χ1) is 7.83. The molecule has 92 valence electrons. The van der Waals surface area contributed by atoms with Gasteiger partial charge in [0, 0.05) is 12.7 Å². The molecule has 0 N–H and O–H groups in total. The molecule has 1 aliphatic rings. The molecule has 16 heavy (non-hydrogen) atoms. The number of ether oxygens (including phenoxy) is 3. The molecule has 1 fully saturated rings. The molecule has 1 unspecified atom stereocenters. The zero-order valence-electron chi connectivity index (χ0n) is 9.81. The van der Waals surface area contributed by atoms with Gasteiger partial charge in [0.25, 0.3) is 0 Å². The van der Waals surface area contributed by atoms with Crippen molar-refractivity contribution in [3.63, 3.8) is 0 Å². The van der Waals surface area contributed by atoms with Crippen LogP contribution in [0.1, 0.15) is 32.6 Å². The first-order valence-corrected chi connectivity index (χ1v) is 5.89. The molecule has 1 aliphatic heterocycles. The van der Waals surface area contributed by atoms with Crippen LogP contribution in [0.3, 0.4) is 0 Å². The molecule has 4 nitrogen and oxygen atoms in total. The van der Waals surface area contributed by atoms with E-state index >= 15 is 0 Å². The van der Waals surface area contributed by atoms with Gasteiger partial charge in [-0.1, -0.05) is 6.08 Å². The summed E-state index contributed by atoms with van der Waals surface area (Å²) in [6.45, 7) is 3.58. The highest BCUT2D eigenvalue weighted by Crippen LogP contribution is 2.13. The number of carbonyl (C=O) groups is 1. The Bertz CT molecular complexity index is 219. The first kappa shape index (κ1) is 13.2. The molecular formula is C12H20O4. The Kier molecular flexibility index (Phi) is 6.85. The van der Waals surface area contributed by atoms with Gasteiger partial charge in [0.15, 0.2) is 6.29 Å². The van der Waals surface area contributed by atoms with E-state index in [-0.39, 0.29) is 12.3 Å². The number of carbonyl (C=O) groups excluding carboxylic acids is 1. The summed E-state index contributed by atoms with van der Waals surface area (Å²) in [7, 11) is 0. The average Bonchev–Trinajstić information content (AvgIpc) is 2.30. The molecule has 0 spiro atoms. The van der Waals surface area contributed by atoms with E-state index in [0.29, 0.717) is 19.6 Å². The Labute approximate surface area is 96.6 Å². The Hall–Kier alpha value is -0.870. The number of hydrogen-bond acceptors (Lipinski definition) is 4. The summed E-state index contributed by atoms with van der Waals surface area (Å²) >= 11 is 0. The topological polar surface area (TPSA) is 44.8 Å². The van der Waals surface area contributed by atoms with Crippen LogP contribution in [-0.4, -0.2) is 32.1 Å². The predicted octanol–water partition coefficient (Wildman–Crippen LogP) is 2.04. The molecular weight excluding hydrogens is 208 g/mol. The predicted molar refractivity (Wildman–Crippen MR) is 59.9 cm³/mol. The van der Waals surface area contributed by atoms with Crippen molar-refractivity contribution < 1.29 is 19.0 Å². The van der Waals surface area contributed by atoms with Crippen molar-refractivity contribution in [2.75, 3.05) is 19.8 Å². The molecule has 0 saturated carbocycles. The fourth-order valence-electron chi connectivity index (χ4n) is 1.48. The van der Waals surface area contributed by atoms with Gasteiger partial charge in [-0.2, -0.15) is 0 Å². The van der Waals surface area contributed by atoms with E-state index in [1.807, 2.05) is 0 Å². The molecule has 4 heteroatoms. The summed E-state index contributed by atoms with van der Waals surface area (Å²) in [5, 5.41) is 0. The smallest absolute Gasteiger partial charge is 0.330 e. The van der Waals surface area contributed by atoms with Crippen LogP contribution in [0.2, 0.25) is 0 Å². The van der Waals surface area contributed by atoms with Gasteiger partial charge in [-0.15, -0.1) is 0 Å². The Balaban J connectivity index is 2.00. The Morgan fingerprint density at radius 3 is 3.06 bits per heavy atom. The van der Waals surface area contributed by atoms with Gasteiger partial charge in [-0.05, 0) is 32.6 Å². The zero-order chi connectivity index (χ0) is 11.6. The van der Waals surface area contributed by atoms with E-state index in [0.717, 1.165) is 19.4 Å². The summed E-state index contributed by atoms with van der Waals surface area (Å²) in [6.07, 6.45) is 7.13. The molecule has 0 aromatic heterocycles. The van der Waals surface area contributed by atoms with Crippen LogP contribution in [0.4, 0.5) is 0 Å².